The van der Waals surface area contributed by atoms with Gasteiger partial charge in [0.15, 0.2) is 0 Å². The Morgan fingerprint density at radius 3 is 2.59 bits per heavy atom. The van der Waals surface area contributed by atoms with E-state index in [1.807, 2.05) is 6.26 Å². The number of hydrogen-bond donors (Lipinski definition) is 1. The molecule has 1 heterocycles. The molecule has 0 radical (unpaired) electrons. The Labute approximate surface area is 109 Å². The van der Waals surface area contributed by atoms with Crippen LogP contribution in [0.15, 0.2) is 0 Å². The molecule has 0 aliphatic carbocycles. The van der Waals surface area contributed by atoms with Gasteiger partial charge in [0, 0.05) is 47.5 Å². The van der Waals surface area contributed by atoms with E-state index in [0.717, 1.165) is 32.6 Å². The molecular formula is C13H28N2OS. The van der Waals surface area contributed by atoms with Gasteiger partial charge in [0.2, 0.25) is 0 Å². The van der Waals surface area contributed by atoms with Crippen molar-refractivity contribution >= 4 is 10.8 Å². The predicted octanol–water partition coefficient (Wildman–Crippen LogP) is 1.61. The summed E-state index contributed by atoms with van der Waals surface area (Å²) in [7, 11) is -0.680. The van der Waals surface area contributed by atoms with Crippen LogP contribution in [0.5, 0.6) is 0 Å². The van der Waals surface area contributed by atoms with Crippen LogP contribution in [0.4, 0.5) is 0 Å². The Morgan fingerprint density at radius 2 is 2.06 bits per heavy atom. The Bertz CT molecular complexity index is 254. The first kappa shape index (κ1) is 15.1. The highest BCUT2D eigenvalue weighted by atomic mass is 32.2. The third kappa shape index (κ3) is 4.34. The Balaban J connectivity index is 2.42. The molecule has 17 heavy (non-hydrogen) atoms. The first-order valence-electron chi connectivity index (χ1n) is 6.82. The van der Waals surface area contributed by atoms with Crippen molar-refractivity contribution in [2.45, 2.75) is 50.8 Å². The smallest absolute Gasteiger partial charge is 0.0329 e. The third-order valence-corrected chi connectivity index (χ3v) is 5.60. The maximum Gasteiger partial charge on any atom is 0.0329 e. The standard InChI is InChI=1S/C13H28N2OS/c1-5-13(6-2)11-15(10-8-14-13)9-7-12(3)17(4)16/h12,14H,5-11H2,1-4H3. The van der Waals surface area contributed by atoms with Crippen molar-refractivity contribution in [2.24, 2.45) is 0 Å². The fraction of sp³-hybridized carbons (Fsp3) is 1.00. The van der Waals surface area contributed by atoms with Gasteiger partial charge in [0.05, 0.1) is 0 Å². The predicted molar refractivity (Wildman–Crippen MR) is 75.9 cm³/mol. The van der Waals surface area contributed by atoms with Crippen LogP contribution in [0.3, 0.4) is 0 Å². The molecule has 1 rings (SSSR count). The normalized spacial score (nSPS) is 24.5. The van der Waals surface area contributed by atoms with Gasteiger partial charge in [-0.1, -0.05) is 20.8 Å². The fourth-order valence-corrected chi connectivity index (χ4v) is 2.92. The van der Waals surface area contributed by atoms with Crippen LogP contribution in [0.1, 0.15) is 40.0 Å². The van der Waals surface area contributed by atoms with Crippen molar-refractivity contribution in [3.8, 4) is 0 Å². The van der Waals surface area contributed by atoms with Crippen LogP contribution >= 0.6 is 0 Å². The Hall–Kier alpha value is 0.0700. The molecule has 1 fully saturated rings. The van der Waals surface area contributed by atoms with Gasteiger partial charge in [0.25, 0.3) is 0 Å². The lowest BCUT2D eigenvalue weighted by Crippen LogP contribution is -2.60. The van der Waals surface area contributed by atoms with Gasteiger partial charge >= 0.3 is 0 Å². The van der Waals surface area contributed by atoms with Crippen LogP contribution in [-0.2, 0) is 10.8 Å². The average molecular weight is 260 g/mol. The summed E-state index contributed by atoms with van der Waals surface area (Å²) in [5.41, 5.74) is 0.312. The lowest BCUT2D eigenvalue weighted by Gasteiger charge is -2.43. The molecule has 3 nitrogen and oxygen atoms in total. The molecule has 0 bridgehead atoms. The van der Waals surface area contributed by atoms with Crippen LogP contribution in [-0.4, -0.2) is 52.3 Å². The second kappa shape index (κ2) is 6.86. The van der Waals surface area contributed by atoms with Crippen LogP contribution in [0.2, 0.25) is 0 Å². The molecule has 1 aliphatic heterocycles. The molecule has 1 saturated heterocycles. The van der Waals surface area contributed by atoms with E-state index in [2.05, 4.69) is 31.0 Å². The molecule has 2 atom stereocenters. The zero-order valence-electron chi connectivity index (χ0n) is 11.8. The highest BCUT2D eigenvalue weighted by molar-refractivity contribution is 7.84. The molecule has 0 spiro atoms. The highest BCUT2D eigenvalue weighted by Gasteiger charge is 2.31. The van der Waals surface area contributed by atoms with E-state index in [9.17, 15) is 4.21 Å². The van der Waals surface area contributed by atoms with Crippen molar-refractivity contribution in [1.29, 1.82) is 0 Å². The average Bonchev–Trinajstić information content (AvgIpc) is 2.35. The van der Waals surface area contributed by atoms with Crippen molar-refractivity contribution < 1.29 is 4.21 Å². The van der Waals surface area contributed by atoms with Gasteiger partial charge in [-0.3, -0.25) is 4.21 Å². The van der Waals surface area contributed by atoms with Crippen LogP contribution < -0.4 is 5.32 Å². The molecule has 102 valence electrons. The summed E-state index contributed by atoms with van der Waals surface area (Å²) in [6.07, 6.45) is 5.24. The number of hydrogen-bond acceptors (Lipinski definition) is 3. The minimum Gasteiger partial charge on any atom is -0.309 e. The van der Waals surface area contributed by atoms with Gasteiger partial charge in [-0.2, -0.15) is 0 Å². The Morgan fingerprint density at radius 1 is 1.41 bits per heavy atom. The summed E-state index contributed by atoms with van der Waals surface area (Å²) < 4.78 is 11.3. The van der Waals surface area contributed by atoms with Gasteiger partial charge in [-0.05, 0) is 25.8 Å². The number of nitrogens with zero attached hydrogens (tertiary/aromatic N) is 1. The summed E-state index contributed by atoms with van der Waals surface area (Å²) in [6.45, 7) is 11.1. The summed E-state index contributed by atoms with van der Waals surface area (Å²) in [5.74, 6) is 0. The number of piperazine rings is 1. The van der Waals surface area contributed by atoms with Gasteiger partial charge in [-0.25, -0.2) is 0 Å². The highest BCUT2D eigenvalue weighted by Crippen LogP contribution is 2.20. The van der Waals surface area contributed by atoms with Gasteiger partial charge in [0.1, 0.15) is 0 Å². The molecule has 1 N–H and O–H groups in total. The van der Waals surface area contributed by atoms with E-state index in [1.54, 1.807) is 0 Å². The van der Waals surface area contributed by atoms with Crippen molar-refractivity contribution in [3.05, 3.63) is 0 Å². The number of rotatable bonds is 6. The lowest BCUT2D eigenvalue weighted by atomic mass is 9.90. The molecule has 0 saturated carbocycles. The molecular weight excluding hydrogens is 232 g/mol. The lowest BCUT2D eigenvalue weighted by molar-refractivity contribution is 0.123. The van der Waals surface area contributed by atoms with Crippen molar-refractivity contribution in [2.75, 3.05) is 32.4 Å². The minimum atomic E-state index is -0.680. The van der Waals surface area contributed by atoms with E-state index in [0.29, 0.717) is 10.8 Å². The largest absolute Gasteiger partial charge is 0.309 e. The van der Waals surface area contributed by atoms with E-state index in [4.69, 9.17) is 0 Å². The molecule has 0 amide bonds. The van der Waals surface area contributed by atoms with Crippen LogP contribution in [0, 0.1) is 0 Å². The summed E-state index contributed by atoms with van der Waals surface area (Å²) in [4.78, 5) is 2.53. The maximum absolute atomic E-state index is 11.3. The second-order valence-electron chi connectivity index (χ2n) is 5.29. The second-order valence-corrected chi connectivity index (χ2v) is 7.09. The summed E-state index contributed by atoms with van der Waals surface area (Å²) in [6, 6.07) is 0. The topological polar surface area (TPSA) is 32.3 Å². The quantitative estimate of drug-likeness (QED) is 0.787. The van der Waals surface area contributed by atoms with Crippen molar-refractivity contribution in [3.63, 3.8) is 0 Å². The van der Waals surface area contributed by atoms with Crippen molar-refractivity contribution in [1.82, 2.24) is 10.2 Å². The van der Waals surface area contributed by atoms with E-state index in [-0.39, 0.29) is 0 Å². The SMILES string of the molecule is CCC1(CC)CN(CCC(C)S(C)=O)CCN1. The number of nitrogens with one attached hydrogen (secondary N) is 1. The van der Waals surface area contributed by atoms with E-state index < -0.39 is 10.8 Å². The van der Waals surface area contributed by atoms with Crippen LogP contribution in [0.25, 0.3) is 0 Å². The van der Waals surface area contributed by atoms with E-state index >= 15 is 0 Å². The minimum absolute atomic E-state index is 0.312. The van der Waals surface area contributed by atoms with Gasteiger partial charge < -0.3 is 10.2 Å². The first-order chi connectivity index (χ1) is 8.03. The van der Waals surface area contributed by atoms with E-state index in [1.165, 1.54) is 12.8 Å². The third-order valence-electron chi connectivity index (χ3n) is 4.23. The maximum atomic E-state index is 11.3. The molecule has 0 aromatic carbocycles. The first-order valence-corrected chi connectivity index (χ1v) is 8.44. The molecule has 0 aromatic heterocycles. The fourth-order valence-electron chi connectivity index (χ4n) is 2.49. The molecule has 4 heteroatoms. The monoisotopic (exact) mass is 260 g/mol. The molecule has 2 unspecified atom stereocenters. The van der Waals surface area contributed by atoms with Gasteiger partial charge in [-0.15, -0.1) is 0 Å². The summed E-state index contributed by atoms with van der Waals surface area (Å²) in [5, 5.41) is 3.99. The zero-order valence-corrected chi connectivity index (χ0v) is 12.6. The zero-order chi connectivity index (χ0) is 12.9. The Kier molecular flexibility index (Phi) is 6.10. The molecule has 1 aliphatic rings. The molecule has 0 aromatic rings. The summed E-state index contributed by atoms with van der Waals surface area (Å²) >= 11 is 0.